The Bertz CT molecular complexity index is 535. The van der Waals surface area contributed by atoms with Crippen LogP contribution in [0.2, 0.25) is 5.02 Å². The highest BCUT2D eigenvalue weighted by Crippen LogP contribution is 2.19. The lowest BCUT2D eigenvalue weighted by molar-refractivity contribution is 0.578. The quantitative estimate of drug-likeness (QED) is 0.836. The van der Waals surface area contributed by atoms with E-state index in [4.69, 9.17) is 16.9 Å². The summed E-state index contributed by atoms with van der Waals surface area (Å²) in [6.07, 6.45) is 1.69. The summed E-state index contributed by atoms with van der Waals surface area (Å²) in [5, 5.41) is 8.83. The molecule has 1 rings (SSSR count). The lowest BCUT2D eigenvalue weighted by Gasteiger charge is -2.06. The molecular weight excluding hydrogens is 260 g/mol. The monoisotopic (exact) mass is 272 g/mol. The Kier molecular flexibility index (Phi) is 4.94. The third-order valence-electron chi connectivity index (χ3n) is 2.19. The SMILES string of the molecule is CCCCNS(=O)(=O)c1ccc(C#N)c(Cl)c1. The van der Waals surface area contributed by atoms with E-state index in [1.807, 2.05) is 13.0 Å². The summed E-state index contributed by atoms with van der Waals surface area (Å²) in [7, 11) is -3.52. The van der Waals surface area contributed by atoms with Crippen LogP contribution < -0.4 is 4.72 Å². The maximum Gasteiger partial charge on any atom is 0.240 e. The van der Waals surface area contributed by atoms with E-state index < -0.39 is 10.0 Å². The summed E-state index contributed by atoms with van der Waals surface area (Å²) in [4.78, 5) is 0.0811. The molecular formula is C11H13ClN2O2S. The zero-order valence-electron chi connectivity index (χ0n) is 9.40. The lowest BCUT2D eigenvalue weighted by atomic mass is 10.2. The van der Waals surface area contributed by atoms with Gasteiger partial charge in [-0.05, 0) is 24.6 Å². The fourth-order valence-corrected chi connectivity index (χ4v) is 2.61. The number of benzene rings is 1. The van der Waals surface area contributed by atoms with Gasteiger partial charge in [0.15, 0.2) is 0 Å². The van der Waals surface area contributed by atoms with Gasteiger partial charge in [-0.1, -0.05) is 24.9 Å². The zero-order chi connectivity index (χ0) is 12.9. The van der Waals surface area contributed by atoms with Crippen molar-refractivity contribution >= 4 is 21.6 Å². The molecule has 0 aliphatic heterocycles. The number of nitriles is 1. The number of sulfonamides is 1. The molecule has 0 aliphatic rings. The molecule has 92 valence electrons. The molecule has 0 fully saturated rings. The van der Waals surface area contributed by atoms with Gasteiger partial charge in [-0.15, -0.1) is 0 Å². The predicted octanol–water partition coefficient (Wildman–Crippen LogP) is 2.29. The molecule has 0 saturated carbocycles. The molecule has 4 nitrogen and oxygen atoms in total. The number of halogens is 1. The highest BCUT2D eigenvalue weighted by Gasteiger charge is 2.14. The molecule has 1 N–H and O–H groups in total. The van der Waals surface area contributed by atoms with E-state index in [2.05, 4.69) is 4.72 Å². The average molecular weight is 273 g/mol. The number of nitrogens with zero attached hydrogens (tertiary/aromatic N) is 1. The number of nitrogens with one attached hydrogen (secondary N) is 1. The summed E-state index contributed by atoms with van der Waals surface area (Å²) in [6.45, 7) is 2.38. The van der Waals surface area contributed by atoms with Crippen molar-refractivity contribution in [2.75, 3.05) is 6.54 Å². The van der Waals surface area contributed by atoms with Gasteiger partial charge in [0, 0.05) is 6.54 Å². The van der Waals surface area contributed by atoms with Crippen LogP contribution in [0.4, 0.5) is 0 Å². The lowest BCUT2D eigenvalue weighted by Crippen LogP contribution is -2.24. The van der Waals surface area contributed by atoms with E-state index in [1.54, 1.807) is 0 Å². The first-order valence-corrected chi connectivity index (χ1v) is 7.06. The minimum Gasteiger partial charge on any atom is -0.211 e. The van der Waals surface area contributed by atoms with Crippen LogP contribution in [0.25, 0.3) is 0 Å². The zero-order valence-corrected chi connectivity index (χ0v) is 11.0. The van der Waals surface area contributed by atoms with Gasteiger partial charge in [-0.3, -0.25) is 0 Å². The van der Waals surface area contributed by atoms with E-state index in [-0.39, 0.29) is 15.5 Å². The topological polar surface area (TPSA) is 70.0 Å². The first kappa shape index (κ1) is 14.0. The van der Waals surface area contributed by atoms with E-state index in [1.165, 1.54) is 18.2 Å². The molecule has 0 bridgehead atoms. The highest BCUT2D eigenvalue weighted by molar-refractivity contribution is 7.89. The Morgan fingerprint density at radius 3 is 2.71 bits per heavy atom. The molecule has 6 heteroatoms. The number of hydrogen-bond acceptors (Lipinski definition) is 3. The van der Waals surface area contributed by atoms with Gasteiger partial charge in [-0.2, -0.15) is 5.26 Å². The summed E-state index contributed by atoms with van der Waals surface area (Å²) in [5.74, 6) is 0. The van der Waals surface area contributed by atoms with Gasteiger partial charge in [0.05, 0.1) is 15.5 Å². The molecule has 0 aromatic heterocycles. The number of unbranched alkanes of at least 4 members (excludes halogenated alkanes) is 1. The Morgan fingerprint density at radius 2 is 2.18 bits per heavy atom. The van der Waals surface area contributed by atoms with Gasteiger partial charge in [0.2, 0.25) is 10.0 Å². The summed E-state index contributed by atoms with van der Waals surface area (Å²) in [6, 6.07) is 5.94. The van der Waals surface area contributed by atoms with Crippen molar-refractivity contribution in [3.8, 4) is 6.07 Å². The fraction of sp³-hybridized carbons (Fsp3) is 0.364. The summed E-state index contributed by atoms with van der Waals surface area (Å²) in [5.41, 5.74) is 0.263. The summed E-state index contributed by atoms with van der Waals surface area (Å²) < 4.78 is 26.1. The van der Waals surface area contributed by atoms with Crippen LogP contribution in [0.15, 0.2) is 23.1 Å². The number of rotatable bonds is 5. The molecule has 0 amide bonds. The molecule has 0 radical (unpaired) electrons. The molecule has 0 atom stereocenters. The number of hydrogen-bond donors (Lipinski definition) is 1. The van der Waals surface area contributed by atoms with E-state index >= 15 is 0 Å². The third kappa shape index (κ3) is 3.70. The van der Waals surface area contributed by atoms with Crippen LogP contribution in [0.5, 0.6) is 0 Å². The first-order chi connectivity index (χ1) is 8.01. The van der Waals surface area contributed by atoms with E-state index in [0.29, 0.717) is 6.54 Å². The van der Waals surface area contributed by atoms with Crippen LogP contribution in [0.3, 0.4) is 0 Å². The van der Waals surface area contributed by atoms with Gasteiger partial charge in [0.1, 0.15) is 6.07 Å². The predicted molar refractivity (Wildman–Crippen MR) is 66.3 cm³/mol. The van der Waals surface area contributed by atoms with Crippen LogP contribution >= 0.6 is 11.6 Å². The molecule has 0 spiro atoms. The largest absolute Gasteiger partial charge is 0.240 e. The third-order valence-corrected chi connectivity index (χ3v) is 3.97. The standard InChI is InChI=1S/C11H13ClN2O2S/c1-2-3-6-14-17(15,16)10-5-4-9(8-13)11(12)7-10/h4-5,7,14H,2-3,6H2,1H3. The molecule has 0 unspecified atom stereocenters. The normalized spacial score (nSPS) is 11.1. The fourth-order valence-electron chi connectivity index (χ4n) is 1.22. The van der Waals surface area contributed by atoms with Crippen LogP contribution in [0, 0.1) is 11.3 Å². The van der Waals surface area contributed by atoms with Crippen molar-refractivity contribution in [1.29, 1.82) is 5.26 Å². The van der Waals surface area contributed by atoms with Crippen LogP contribution in [-0.2, 0) is 10.0 Å². The first-order valence-electron chi connectivity index (χ1n) is 5.20. The Labute approximate surface area is 106 Å². The van der Waals surface area contributed by atoms with Crippen molar-refractivity contribution in [3.05, 3.63) is 28.8 Å². The maximum atomic E-state index is 11.8. The molecule has 1 aromatic rings. The van der Waals surface area contributed by atoms with Gasteiger partial charge < -0.3 is 0 Å². The minimum absolute atomic E-state index is 0.0811. The van der Waals surface area contributed by atoms with Crippen LogP contribution in [0.1, 0.15) is 25.3 Å². The van der Waals surface area contributed by atoms with Gasteiger partial charge in [-0.25, -0.2) is 13.1 Å². The van der Waals surface area contributed by atoms with Crippen molar-refractivity contribution in [2.45, 2.75) is 24.7 Å². The van der Waals surface area contributed by atoms with Crippen molar-refractivity contribution in [1.82, 2.24) is 4.72 Å². The molecule has 17 heavy (non-hydrogen) atoms. The Hall–Kier alpha value is -1.09. The minimum atomic E-state index is -3.52. The van der Waals surface area contributed by atoms with Gasteiger partial charge in [0.25, 0.3) is 0 Å². The molecule has 0 aliphatic carbocycles. The van der Waals surface area contributed by atoms with Gasteiger partial charge >= 0.3 is 0 Å². The molecule has 0 heterocycles. The van der Waals surface area contributed by atoms with E-state index in [9.17, 15) is 8.42 Å². The van der Waals surface area contributed by atoms with E-state index in [0.717, 1.165) is 12.8 Å². The summed E-state index contributed by atoms with van der Waals surface area (Å²) >= 11 is 5.78. The Balaban J connectivity index is 2.93. The maximum absolute atomic E-state index is 11.8. The second-order valence-corrected chi connectivity index (χ2v) is 5.68. The second-order valence-electron chi connectivity index (χ2n) is 3.50. The molecule has 0 saturated heterocycles. The highest BCUT2D eigenvalue weighted by atomic mass is 35.5. The van der Waals surface area contributed by atoms with Crippen LogP contribution in [-0.4, -0.2) is 15.0 Å². The Morgan fingerprint density at radius 1 is 1.47 bits per heavy atom. The molecule has 1 aromatic carbocycles. The smallest absolute Gasteiger partial charge is 0.211 e. The average Bonchev–Trinajstić information content (AvgIpc) is 2.29. The second kappa shape index (κ2) is 6.01. The van der Waals surface area contributed by atoms with Crippen molar-refractivity contribution in [3.63, 3.8) is 0 Å². The van der Waals surface area contributed by atoms with Crippen molar-refractivity contribution < 1.29 is 8.42 Å². The van der Waals surface area contributed by atoms with Crippen molar-refractivity contribution in [2.24, 2.45) is 0 Å².